The number of hydrogen-bond donors (Lipinski definition) is 0. The summed E-state index contributed by atoms with van der Waals surface area (Å²) >= 11 is 8.79. The van der Waals surface area contributed by atoms with Crippen molar-refractivity contribution in [2.24, 2.45) is 0 Å². The third kappa shape index (κ3) is 3.10. The van der Waals surface area contributed by atoms with Crippen molar-refractivity contribution in [2.45, 2.75) is 17.0 Å². The van der Waals surface area contributed by atoms with E-state index in [9.17, 15) is 0 Å². The van der Waals surface area contributed by atoms with Gasteiger partial charge >= 0.3 is 164 Å². The second-order valence-electron chi connectivity index (χ2n) is 5.75. The Morgan fingerprint density at radius 3 is 1.67 bits per heavy atom. The van der Waals surface area contributed by atoms with Gasteiger partial charge in [0.25, 0.3) is 0 Å². The Balaban J connectivity index is 0.000000845. The van der Waals surface area contributed by atoms with Crippen LogP contribution in [0.2, 0.25) is 0 Å². The minimum Gasteiger partial charge on any atom is -1.00 e. The van der Waals surface area contributed by atoms with Gasteiger partial charge in [0.2, 0.25) is 0 Å². The van der Waals surface area contributed by atoms with E-state index in [-0.39, 0.29) is 24.8 Å². The van der Waals surface area contributed by atoms with E-state index in [1.165, 1.54) is 41.0 Å². The second-order valence-corrected chi connectivity index (χ2v) is 12.5. The average Bonchev–Trinajstić information content (AvgIpc) is 2.97. The van der Waals surface area contributed by atoms with Gasteiger partial charge in [-0.15, -0.1) is 0 Å². The molecule has 8 bridgehead atoms. The summed E-state index contributed by atoms with van der Waals surface area (Å²) in [4.78, 5) is 2.65. The van der Waals surface area contributed by atoms with Crippen LogP contribution in [0.4, 0.5) is 0 Å². The van der Waals surface area contributed by atoms with Crippen LogP contribution in [0, 0.1) is 0 Å². The van der Waals surface area contributed by atoms with Gasteiger partial charge in [-0.3, -0.25) is 0 Å². The SMILES string of the molecule is BrC1=C[CH]2[Zr+2][CH]3C=C(Br)c4cc(ccc43)Sc3ccc2c1c3.[Cl-].[Cl-]. The first-order chi connectivity index (χ1) is 10.7. The summed E-state index contributed by atoms with van der Waals surface area (Å²) in [5.74, 6) is 0. The molecule has 0 spiro atoms. The van der Waals surface area contributed by atoms with E-state index in [1.807, 2.05) is 11.8 Å². The molecule has 2 aliphatic carbocycles. The van der Waals surface area contributed by atoms with Gasteiger partial charge in [-0.05, 0) is 0 Å². The van der Waals surface area contributed by atoms with Gasteiger partial charge in [-0.1, -0.05) is 0 Å². The fourth-order valence-corrected chi connectivity index (χ4v) is 11.1. The van der Waals surface area contributed by atoms with E-state index in [1.54, 1.807) is 0 Å². The molecule has 6 aliphatic rings. The fraction of sp³-hybridized carbons (Fsp3) is 0.111. The van der Waals surface area contributed by atoms with Crippen molar-refractivity contribution in [1.29, 1.82) is 0 Å². The Hall–Kier alpha value is 0.693. The monoisotopic (exact) mass is 576 g/mol. The molecule has 0 saturated carbocycles. The molecule has 2 atom stereocenters. The van der Waals surface area contributed by atoms with Crippen LogP contribution < -0.4 is 24.8 Å². The number of hydrogen-bond acceptors (Lipinski definition) is 1. The normalized spacial score (nSPS) is 21.4. The van der Waals surface area contributed by atoms with Crippen molar-refractivity contribution in [3.05, 3.63) is 70.8 Å². The summed E-state index contributed by atoms with van der Waals surface area (Å²) in [5.41, 5.74) is 5.89. The van der Waals surface area contributed by atoms with Crippen molar-refractivity contribution in [2.75, 3.05) is 0 Å². The third-order valence-corrected chi connectivity index (χ3v) is 10.9. The van der Waals surface area contributed by atoms with Crippen LogP contribution in [-0.2, 0) is 23.2 Å². The van der Waals surface area contributed by atoms with E-state index in [0.29, 0.717) is 7.25 Å². The first kappa shape index (κ1) is 19.5. The van der Waals surface area contributed by atoms with Crippen molar-refractivity contribution in [1.82, 2.24) is 0 Å². The maximum atomic E-state index is 3.79. The van der Waals surface area contributed by atoms with Crippen LogP contribution >= 0.6 is 43.6 Å². The zero-order valence-corrected chi connectivity index (χ0v) is 20.2. The van der Waals surface area contributed by atoms with Crippen molar-refractivity contribution in [3.63, 3.8) is 0 Å². The second kappa shape index (κ2) is 7.37. The van der Waals surface area contributed by atoms with Gasteiger partial charge in [-0.25, -0.2) is 0 Å². The first-order valence-corrected chi connectivity index (χ1v) is 12.4. The Morgan fingerprint density at radius 1 is 0.750 bits per heavy atom. The van der Waals surface area contributed by atoms with Crippen LogP contribution in [0.3, 0.4) is 0 Å². The molecule has 6 heteroatoms. The Bertz CT molecular complexity index is 823. The smallest absolute Gasteiger partial charge is 1.00 e. The van der Waals surface area contributed by atoms with Gasteiger partial charge in [0.1, 0.15) is 0 Å². The summed E-state index contributed by atoms with van der Waals surface area (Å²) in [6, 6.07) is 14.0. The van der Waals surface area contributed by atoms with Crippen LogP contribution in [-0.4, -0.2) is 0 Å². The minimum atomic E-state index is -0.657. The molecule has 0 amide bonds. The quantitative estimate of drug-likeness (QED) is 0.439. The van der Waals surface area contributed by atoms with Crippen LogP contribution in [0.15, 0.2) is 58.3 Å². The van der Waals surface area contributed by atoms with E-state index in [2.05, 4.69) is 80.4 Å². The molecule has 0 radical (unpaired) electrons. The molecule has 2 unspecified atom stereocenters. The molecule has 120 valence electrons. The molecule has 2 aromatic carbocycles. The van der Waals surface area contributed by atoms with Crippen molar-refractivity contribution < 1.29 is 48.0 Å². The van der Waals surface area contributed by atoms with Gasteiger partial charge < -0.3 is 24.8 Å². The number of allylic oxidation sites excluding steroid dienone is 2. The van der Waals surface area contributed by atoms with E-state index >= 15 is 0 Å². The Morgan fingerprint density at radius 2 is 1.21 bits per heavy atom. The minimum absolute atomic E-state index is 0. The standard InChI is InChI=1S/C18H10Br2S.2ClH.Zr/c19-17-7-3-11-1-5-13(9-15(11)17)21-14-6-2-12-4-8-18(20)16(12)10-14;;;/h1-10H;2*1H;/q;;;+2/p-2. The molecule has 0 aromatic heterocycles. The summed E-state index contributed by atoms with van der Waals surface area (Å²) in [6.07, 6.45) is 4.91. The van der Waals surface area contributed by atoms with Gasteiger partial charge in [-0.2, -0.15) is 0 Å². The van der Waals surface area contributed by atoms with E-state index < -0.39 is 23.2 Å². The molecule has 0 saturated heterocycles. The number of rotatable bonds is 0. The van der Waals surface area contributed by atoms with Gasteiger partial charge in [0.15, 0.2) is 0 Å². The van der Waals surface area contributed by atoms with Crippen LogP contribution in [0.25, 0.3) is 8.96 Å². The zero-order valence-electron chi connectivity index (χ0n) is 12.2. The van der Waals surface area contributed by atoms with Crippen LogP contribution in [0.1, 0.15) is 29.5 Å². The largest absolute Gasteiger partial charge is 1.00 e. The summed E-state index contributed by atoms with van der Waals surface area (Å²) in [6.45, 7) is 0. The van der Waals surface area contributed by atoms with Crippen molar-refractivity contribution in [3.8, 4) is 0 Å². The molecule has 0 N–H and O–H groups in total. The molecular weight excluding hydrogens is 570 g/mol. The molecular formula is C18H10Br2Cl2SZr. The topological polar surface area (TPSA) is 0 Å². The maximum Gasteiger partial charge on any atom is -1.00 e. The third-order valence-electron chi connectivity index (χ3n) is 4.46. The molecule has 24 heavy (non-hydrogen) atoms. The molecule has 4 heterocycles. The zero-order chi connectivity index (χ0) is 14.8. The molecule has 0 fully saturated rings. The predicted molar refractivity (Wildman–Crippen MR) is 96.3 cm³/mol. The summed E-state index contributed by atoms with van der Waals surface area (Å²) in [7, 11) is 0. The Kier molecular flexibility index (Phi) is 5.97. The first-order valence-electron chi connectivity index (χ1n) is 7.16. The summed E-state index contributed by atoms with van der Waals surface area (Å²) < 4.78 is 3.91. The molecule has 0 nitrogen and oxygen atoms in total. The van der Waals surface area contributed by atoms with E-state index in [0.717, 1.165) is 0 Å². The molecule has 8 rings (SSSR count). The van der Waals surface area contributed by atoms with Crippen LogP contribution in [0.5, 0.6) is 0 Å². The predicted octanol–water partition coefficient (Wildman–Crippen LogP) is 0.523. The molecule has 2 aromatic rings. The average molecular weight is 580 g/mol. The molecule has 4 aliphatic heterocycles. The van der Waals surface area contributed by atoms with Gasteiger partial charge in [0.05, 0.1) is 0 Å². The summed E-state index contributed by atoms with van der Waals surface area (Å²) in [5, 5.41) is 0. The fourth-order valence-electron chi connectivity index (χ4n) is 3.41. The van der Waals surface area contributed by atoms with Crippen molar-refractivity contribution >= 4 is 52.6 Å². The maximum absolute atomic E-state index is 3.79. The van der Waals surface area contributed by atoms with E-state index in [4.69, 9.17) is 0 Å². The Labute approximate surface area is 186 Å². The van der Waals surface area contributed by atoms with Gasteiger partial charge in [0, 0.05) is 0 Å². The number of benzene rings is 2. The number of halogens is 4.